The van der Waals surface area contributed by atoms with Gasteiger partial charge in [0.1, 0.15) is 24.2 Å². The number of rotatable bonds is 23. The van der Waals surface area contributed by atoms with E-state index in [4.69, 9.17) is 28.3 Å². The molecule has 0 aromatic heterocycles. The fourth-order valence-corrected chi connectivity index (χ4v) is 4.67. The van der Waals surface area contributed by atoms with Gasteiger partial charge in [-0.3, -0.25) is 29.4 Å². The lowest BCUT2D eigenvalue weighted by atomic mass is 10.00. The molecule has 0 heterocycles. The number of unbranched alkanes of at least 4 members (excludes halogenated alkanes) is 1. The number of benzene rings is 1. The lowest BCUT2D eigenvalue weighted by molar-refractivity contribution is -0.142. The van der Waals surface area contributed by atoms with Gasteiger partial charge in [0.2, 0.25) is 29.5 Å². The Morgan fingerprint density at radius 1 is 0.771 bits per heavy atom. The summed E-state index contributed by atoms with van der Waals surface area (Å²) in [5, 5.41) is 29.7. The summed E-state index contributed by atoms with van der Waals surface area (Å²) in [6, 6.07) is 3.34. The molecule has 1 aromatic carbocycles. The molecule has 0 saturated carbocycles. The van der Waals surface area contributed by atoms with Gasteiger partial charge in [-0.2, -0.15) is 0 Å². The van der Waals surface area contributed by atoms with Gasteiger partial charge in [0.25, 0.3) is 0 Å². The van der Waals surface area contributed by atoms with Gasteiger partial charge < -0.3 is 54.6 Å². The summed E-state index contributed by atoms with van der Waals surface area (Å²) in [6.07, 6.45) is 1.28. The molecular weight excluding hydrogens is 624 g/mol. The molecule has 0 aliphatic carbocycles. The molecule has 1 rings (SSSR count). The second-order valence-corrected chi connectivity index (χ2v) is 11.8. The Balaban J connectivity index is 3.11. The molecule has 0 bridgehead atoms. The number of nitrogens with one attached hydrogen (secondary N) is 6. The quantitative estimate of drug-likeness (QED) is 0.0339. The largest absolute Gasteiger partial charge is 0.480 e. The molecule has 0 aliphatic heterocycles. The second kappa shape index (κ2) is 21.9. The Bertz CT molecular complexity index is 1230. The molecule has 17 heteroatoms. The minimum atomic E-state index is -1.45. The van der Waals surface area contributed by atoms with Crippen LogP contribution in [-0.4, -0.2) is 89.9 Å². The molecule has 17 nitrogen and oxygen atoms in total. The molecule has 0 spiro atoms. The third-order valence-corrected chi connectivity index (χ3v) is 7.37. The Morgan fingerprint density at radius 3 is 1.88 bits per heavy atom. The van der Waals surface area contributed by atoms with Gasteiger partial charge in [-0.15, -0.1) is 0 Å². The molecule has 0 aliphatic rings. The fourth-order valence-electron chi connectivity index (χ4n) is 4.67. The van der Waals surface area contributed by atoms with Crippen LogP contribution in [0.3, 0.4) is 0 Å². The van der Waals surface area contributed by atoms with E-state index in [1.54, 1.807) is 13.8 Å². The number of hydrogen-bond acceptors (Lipinski definition) is 9. The number of carbonyl (C=O) groups is 6. The van der Waals surface area contributed by atoms with E-state index >= 15 is 0 Å². The summed E-state index contributed by atoms with van der Waals surface area (Å²) < 4.78 is 0. The van der Waals surface area contributed by atoms with Crippen LogP contribution in [0.15, 0.2) is 30.3 Å². The van der Waals surface area contributed by atoms with Gasteiger partial charge in [-0.1, -0.05) is 44.2 Å². The standard InChI is InChI=1S/C31H52N10O7/c1-18(2)25(41-28(45)21(11-6-7-15-32)38-26(43)20(33)17-19-9-4-3-5-10-19)29(46)39-22(12-8-16-37-31(35)36)27(44)40-23(30(47)48)13-14-24(34)42/h3-5,9-10,18,20-23,25H,6-8,11-17,32-33H2,1-2H3,(H2,34,42)(H,38,43)(H,39,46)(H,40,44)(H,41,45)(H,47,48)(H4,35,36,37)/t20-,21-,22-,23-,25-/m0/s1. The minimum Gasteiger partial charge on any atom is -0.480 e. The molecule has 1 aromatic rings. The van der Waals surface area contributed by atoms with Crippen LogP contribution in [0.1, 0.15) is 64.4 Å². The normalized spacial score (nSPS) is 14.0. The molecule has 15 N–H and O–H groups in total. The van der Waals surface area contributed by atoms with Crippen LogP contribution in [0, 0.1) is 11.3 Å². The lowest BCUT2D eigenvalue weighted by Crippen LogP contribution is -2.59. The average molecular weight is 677 g/mol. The molecule has 0 saturated heterocycles. The summed E-state index contributed by atoms with van der Waals surface area (Å²) in [7, 11) is 0. The summed E-state index contributed by atoms with van der Waals surface area (Å²) in [4.78, 5) is 76.2. The van der Waals surface area contributed by atoms with E-state index in [1.807, 2.05) is 30.3 Å². The fraction of sp³-hybridized carbons (Fsp3) is 0.581. The Kier molecular flexibility index (Phi) is 18.8. The monoisotopic (exact) mass is 676 g/mol. The highest BCUT2D eigenvalue weighted by Crippen LogP contribution is 2.09. The summed E-state index contributed by atoms with van der Waals surface area (Å²) in [5.41, 5.74) is 23.0. The van der Waals surface area contributed by atoms with E-state index in [9.17, 15) is 33.9 Å². The number of carboxylic acids is 1. The van der Waals surface area contributed by atoms with Gasteiger partial charge >= 0.3 is 5.97 Å². The van der Waals surface area contributed by atoms with Crippen molar-refractivity contribution in [2.24, 2.45) is 28.9 Å². The maximum absolute atomic E-state index is 13.6. The first-order valence-electron chi connectivity index (χ1n) is 16.0. The van der Waals surface area contributed by atoms with E-state index in [2.05, 4.69) is 26.6 Å². The zero-order valence-corrected chi connectivity index (χ0v) is 27.6. The Labute approximate surface area is 280 Å². The van der Waals surface area contributed by atoms with Crippen LogP contribution in [-0.2, 0) is 35.2 Å². The Hall–Kier alpha value is -4.77. The topological polar surface area (TPSA) is 311 Å². The maximum Gasteiger partial charge on any atom is 0.326 e. The summed E-state index contributed by atoms with van der Waals surface area (Å²) in [6.45, 7) is 3.92. The van der Waals surface area contributed by atoms with Crippen LogP contribution in [0.5, 0.6) is 0 Å². The number of amides is 5. The zero-order chi connectivity index (χ0) is 36.2. The number of aliphatic carboxylic acids is 1. The molecular formula is C31H52N10O7. The summed E-state index contributed by atoms with van der Waals surface area (Å²) >= 11 is 0. The maximum atomic E-state index is 13.6. The van der Waals surface area contributed by atoms with Crippen LogP contribution in [0.25, 0.3) is 0 Å². The van der Waals surface area contributed by atoms with Crippen LogP contribution >= 0.6 is 0 Å². The first-order valence-corrected chi connectivity index (χ1v) is 16.0. The van der Waals surface area contributed by atoms with Crippen LogP contribution in [0.4, 0.5) is 0 Å². The van der Waals surface area contributed by atoms with Crippen LogP contribution < -0.4 is 49.5 Å². The molecule has 0 fully saturated rings. The molecule has 268 valence electrons. The number of hydrogen-bond donors (Lipinski definition) is 11. The highest BCUT2D eigenvalue weighted by Gasteiger charge is 2.33. The third kappa shape index (κ3) is 16.2. The van der Waals surface area contributed by atoms with Gasteiger partial charge in [0.15, 0.2) is 5.96 Å². The van der Waals surface area contributed by atoms with E-state index in [1.165, 1.54) is 0 Å². The van der Waals surface area contributed by atoms with Crippen molar-refractivity contribution < 1.29 is 33.9 Å². The number of nitrogens with two attached hydrogens (primary N) is 4. The van der Waals surface area contributed by atoms with Crippen molar-refractivity contribution in [2.45, 2.75) is 95.4 Å². The molecule has 48 heavy (non-hydrogen) atoms. The van der Waals surface area contributed by atoms with Crippen molar-refractivity contribution in [3.8, 4) is 0 Å². The van der Waals surface area contributed by atoms with Gasteiger partial charge in [-0.25, -0.2) is 4.79 Å². The zero-order valence-electron chi connectivity index (χ0n) is 27.6. The van der Waals surface area contributed by atoms with Crippen molar-refractivity contribution in [1.82, 2.24) is 26.6 Å². The van der Waals surface area contributed by atoms with Crippen molar-refractivity contribution in [2.75, 3.05) is 13.1 Å². The summed E-state index contributed by atoms with van der Waals surface area (Å²) in [5.74, 6) is -5.66. The lowest BCUT2D eigenvalue weighted by Gasteiger charge is -2.28. The molecule has 5 atom stereocenters. The predicted octanol–water partition coefficient (Wildman–Crippen LogP) is -2.11. The highest BCUT2D eigenvalue weighted by molar-refractivity contribution is 5.95. The first kappa shape index (κ1) is 41.3. The van der Waals surface area contributed by atoms with Crippen molar-refractivity contribution in [3.63, 3.8) is 0 Å². The Morgan fingerprint density at radius 2 is 1.33 bits per heavy atom. The van der Waals surface area contributed by atoms with E-state index in [-0.39, 0.29) is 51.0 Å². The molecule has 0 radical (unpaired) electrons. The number of carbonyl (C=O) groups excluding carboxylic acids is 5. The predicted molar refractivity (Wildman–Crippen MR) is 179 cm³/mol. The highest BCUT2D eigenvalue weighted by atomic mass is 16.4. The minimum absolute atomic E-state index is 0.00977. The van der Waals surface area contributed by atoms with Gasteiger partial charge in [-0.05, 0) is 63.0 Å². The van der Waals surface area contributed by atoms with Crippen molar-refractivity contribution in [3.05, 3.63) is 35.9 Å². The second-order valence-electron chi connectivity index (χ2n) is 11.8. The van der Waals surface area contributed by atoms with Gasteiger partial charge in [0.05, 0.1) is 6.04 Å². The van der Waals surface area contributed by atoms with E-state index in [0.29, 0.717) is 19.4 Å². The number of carboxylic acid groups (broad SMARTS) is 1. The van der Waals surface area contributed by atoms with E-state index in [0.717, 1.165) is 5.56 Å². The average Bonchev–Trinajstić information content (AvgIpc) is 3.02. The van der Waals surface area contributed by atoms with Crippen molar-refractivity contribution in [1.29, 1.82) is 5.41 Å². The number of guanidine groups is 1. The van der Waals surface area contributed by atoms with Crippen LogP contribution in [0.2, 0.25) is 0 Å². The SMILES string of the molecule is CC(C)[C@H](NC(=O)[C@H](CCCCN)NC(=O)[C@@H](N)Cc1ccccc1)C(=O)N[C@@H](CCCNC(=N)N)C(=O)N[C@@H](CCC(N)=O)C(=O)O. The molecule has 5 amide bonds. The number of primary amides is 1. The first-order chi connectivity index (χ1) is 22.7. The smallest absolute Gasteiger partial charge is 0.326 e. The third-order valence-electron chi connectivity index (χ3n) is 7.37. The van der Waals surface area contributed by atoms with Crippen molar-refractivity contribution >= 4 is 41.5 Å². The van der Waals surface area contributed by atoms with Gasteiger partial charge in [0, 0.05) is 13.0 Å². The molecule has 0 unspecified atom stereocenters. The van der Waals surface area contributed by atoms with E-state index < -0.39 is 71.6 Å².